The van der Waals surface area contributed by atoms with Crippen LogP contribution < -0.4 is 5.32 Å². The minimum Gasteiger partial charge on any atom is -0.377 e. The summed E-state index contributed by atoms with van der Waals surface area (Å²) in [6.45, 7) is 1.96. The first-order valence-electron chi connectivity index (χ1n) is 5.66. The summed E-state index contributed by atoms with van der Waals surface area (Å²) in [6, 6.07) is 1.70. The molecule has 6 heteroatoms. The summed E-state index contributed by atoms with van der Waals surface area (Å²) < 4.78 is 10.5. The second kappa shape index (κ2) is 6.14. The smallest absolute Gasteiger partial charge is 0.158 e. The Morgan fingerprint density at radius 3 is 3.18 bits per heavy atom. The molecule has 1 aromatic rings. The van der Waals surface area contributed by atoms with Gasteiger partial charge in [-0.3, -0.25) is 0 Å². The van der Waals surface area contributed by atoms with Gasteiger partial charge in [-0.1, -0.05) is 11.6 Å². The summed E-state index contributed by atoms with van der Waals surface area (Å²) in [5.74, 6) is 1.29. The van der Waals surface area contributed by atoms with E-state index in [4.69, 9.17) is 21.1 Å². The molecule has 17 heavy (non-hydrogen) atoms. The van der Waals surface area contributed by atoms with Crippen LogP contribution in [0.25, 0.3) is 0 Å². The predicted molar refractivity (Wildman–Crippen MR) is 65.2 cm³/mol. The number of hydrogen-bond acceptors (Lipinski definition) is 5. The lowest BCUT2D eigenvalue weighted by molar-refractivity contribution is 0.120. The Balaban J connectivity index is 1.94. The normalized spacial score (nSPS) is 19.5. The maximum atomic E-state index is 5.90. The van der Waals surface area contributed by atoms with Crippen molar-refractivity contribution in [1.29, 1.82) is 0 Å². The second-order valence-electron chi connectivity index (χ2n) is 3.94. The summed E-state index contributed by atoms with van der Waals surface area (Å²) in [5.41, 5.74) is 0. The van der Waals surface area contributed by atoms with Crippen LogP contribution in [0.5, 0.6) is 0 Å². The van der Waals surface area contributed by atoms with Gasteiger partial charge in [-0.05, 0) is 12.8 Å². The molecule has 1 unspecified atom stereocenters. The fourth-order valence-corrected chi connectivity index (χ4v) is 1.97. The Bertz CT molecular complexity index is 370. The Kier molecular flexibility index (Phi) is 4.53. The highest BCUT2D eigenvalue weighted by Crippen LogP contribution is 2.15. The van der Waals surface area contributed by atoms with Crippen molar-refractivity contribution < 1.29 is 9.47 Å². The first-order chi connectivity index (χ1) is 8.28. The average molecular weight is 258 g/mol. The van der Waals surface area contributed by atoms with Gasteiger partial charge in [0.1, 0.15) is 17.6 Å². The highest BCUT2D eigenvalue weighted by Gasteiger charge is 2.15. The average Bonchev–Trinajstić information content (AvgIpc) is 2.79. The summed E-state index contributed by atoms with van der Waals surface area (Å²) in [6.07, 6.45) is 2.50. The van der Waals surface area contributed by atoms with E-state index in [1.54, 1.807) is 13.2 Å². The standard InChI is InChI=1S/C11H16ClN3O2/c1-16-7-11-14-9(12)5-10(15-11)13-6-8-3-2-4-17-8/h5,8H,2-4,6-7H2,1H3,(H,13,14,15). The third-order valence-corrected chi connectivity index (χ3v) is 2.74. The van der Waals surface area contributed by atoms with Crippen LogP contribution in [-0.2, 0) is 16.1 Å². The van der Waals surface area contributed by atoms with Crippen LogP contribution in [0.2, 0.25) is 5.15 Å². The van der Waals surface area contributed by atoms with E-state index in [-0.39, 0.29) is 6.10 Å². The summed E-state index contributed by atoms with van der Waals surface area (Å²) in [5, 5.41) is 3.63. The number of nitrogens with one attached hydrogen (secondary N) is 1. The number of halogens is 1. The number of anilines is 1. The summed E-state index contributed by atoms with van der Waals surface area (Å²) >= 11 is 5.90. The molecule has 1 aliphatic heterocycles. The van der Waals surface area contributed by atoms with E-state index in [1.165, 1.54) is 0 Å². The first-order valence-corrected chi connectivity index (χ1v) is 6.03. The first kappa shape index (κ1) is 12.5. The third-order valence-electron chi connectivity index (χ3n) is 2.55. The van der Waals surface area contributed by atoms with Crippen molar-refractivity contribution in [2.75, 3.05) is 25.6 Å². The van der Waals surface area contributed by atoms with Crippen LogP contribution >= 0.6 is 11.6 Å². The van der Waals surface area contributed by atoms with Gasteiger partial charge in [-0.25, -0.2) is 9.97 Å². The van der Waals surface area contributed by atoms with Crippen molar-refractivity contribution in [3.8, 4) is 0 Å². The molecule has 0 aromatic carbocycles. The van der Waals surface area contributed by atoms with Gasteiger partial charge in [0.05, 0.1) is 6.10 Å². The number of nitrogens with zero attached hydrogens (tertiary/aromatic N) is 2. The molecule has 1 N–H and O–H groups in total. The predicted octanol–water partition coefficient (Wildman–Crippen LogP) is 1.87. The van der Waals surface area contributed by atoms with Crippen LogP contribution in [0, 0.1) is 0 Å². The van der Waals surface area contributed by atoms with E-state index in [1.807, 2.05) is 0 Å². The summed E-state index contributed by atoms with van der Waals surface area (Å²) in [7, 11) is 1.60. The number of rotatable bonds is 5. The molecular weight excluding hydrogens is 242 g/mol. The zero-order valence-electron chi connectivity index (χ0n) is 9.78. The monoisotopic (exact) mass is 257 g/mol. The van der Waals surface area contributed by atoms with Crippen molar-refractivity contribution in [3.05, 3.63) is 17.0 Å². The molecule has 0 spiro atoms. The molecule has 1 atom stereocenters. The number of aromatic nitrogens is 2. The van der Waals surface area contributed by atoms with Crippen LogP contribution in [-0.4, -0.2) is 36.3 Å². The van der Waals surface area contributed by atoms with Gasteiger partial charge in [0.25, 0.3) is 0 Å². The number of hydrogen-bond donors (Lipinski definition) is 1. The van der Waals surface area contributed by atoms with E-state index in [0.29, 0.717) is 23.4 Å². The zero-order chi connectivity index (χ0) is 12.1. The molecule has 0 saturated carbocycles. The van der Waals surface area contributed by atoms with Crippen molar-refractivity contribution in [2.45, 2.75) is 25.6 Å². The van der Waals surface area contributed by atoms with Gasteiger partial charge >= 0.3 is 0 Å². The van der Waals surface area contributed by atoms with Crippen LogP contribution in [0.1, 0.15) is 18.7 Å². The van der Waals surface area contributed by atoms with Crippen molar-refractivity contribution >= 4 is 17.4 Å². The van der Waals surface area contributed by atoms with Crippen molar-refractivity contribution in [2.24, 2.45) is 0 Å². The molecule has 0 amide bonds. The third kappa shape index (κ3) is 3.80. The van der Waals surface area contributed by atoms with Gasteiger partial charge < -0.3 is 14.8 Å². The quantitative estimate of drug-likeness (QED) is 0.816. The molecule has 0 radical (unpaired) electrons. The van der Waals surface area contributed by atoms with Gasteiger partial charge in [-0.2, -0.15) is 0 Å². The molecule has 1 aliphatic rings. The lowest BCUT2D eigenvalue weighted by Crippen LogP contribution is -2.19. The van der Waals surface area contributed by atoms with Gasteiger partial charge in [0, 0.05) is 26.3 Å². The fourth-order valence-electron chi connectivity index (χ4n) is 1.77. The molecule has 94 valence electrons. The van der Waals surface area contributed by atoms with E-state index >= 15 is 0 Å². The second-order valence-corrected chi connectivity index (χ2v) is 4.33. The molecular formula is C11H16ClN3O2. The molecule has 2 heterocycles. The maximum absolute atomic E-state index is 5.90. The minimum atomic E-state index is 0.273. The highest BCUT2D eigenvalue weighted by molar-refractivity contribution is 6.29. The molecule has 0 bridgehead atoms. The zero-order valence-corrected chi connectivity index (χ0v) is 10.5. The number of ether oxygens (including phenoxy) is 2. The van der Waals surface area contributed by atoms with Crippen LogP contribution in [0.15, 0.2) is 6.07 Å². The minimum absolute atomic E-state index is 0.273. The molecule has 5 nitrogen and oxygen atoms in total. The van der Waals surface area contributed by atoms with E-state index in [2.05, 4.69) is 15.3 Å². The molecule has 2 rings (SSSR count). The highest BCUT2D eigenvalue weighted by atomic mass is 35.5. The number of methoxy groups -OCH3 is 1. The largest absolute Gasteiger partial charge is 0.377 e. The van der Waals surface area contributed by atoms with E-state index in [0.717, 1.165) is 26.0 Å². The summed E-state index contributed by atoms with van der Waals surface area (Å²) in [4.78, 5) is 8.36. The molecule has 0 aliphatic carbocycles. The maximum Gasteiger partial charge on any atom is 0.158 e. The lowest BCUT2D eigenvalue weighted by Gasteiger charge is -2.12. The van der Waals surface area contributed by atoms with E-state index in [9.17, 15) is 0 Å². The van der Waals surface area contributed by atoms with Gasteiger partial charge in [0.2, 0.25) is 0 Å². The van der Waals surface area contributed by atoms with Gasteiger partial charge in [-0.15, -0.1) is 0 Å². The van der Waals surface area contributed by atoms with Crippen LogP contribution in [0.3, 0.4) is 0 Å². The lowest BCUT2D eigenvalue weighted by atomic mass is 10.2. The Labute approximate surface area is 105 Å². The Hall–Kier alpha value is -0.910. The van der Waals surface area contributed by atoms with Crippen molar-refractivity contribution in [3.63, 3.8) is 0 Å². The topological polar surface area (TPSA) is 56.3 Å². The fraction of sp³-hybridized carbons (Fsp3) is 0.636. The van der Waals surface area contributed by atoms with Crippen LogP contribution in [0.4, 0.5) is 5.82 Å². The Morgan fingerprint density at radius 1 is 1.59 bits per heavy atom. The molecule has 1 fully saturated rings. The SMILES string of the molecule is COCc1nc(Cl)cc(NCC2CCCO2)n1. The molecule has 1 aromatic heterocycles. The molecule has 1 saturated heterocycles. The Morgan fingerprint density at radius 2 is 2.47 bits per heavy atom. The van der Waals surface area contributed by atoms with Crippen molar-refractivity contribution in [1.82, 2.24) is 9.97 Å². The van der Waals surface area contributed by atoms with Gasteiger partial charge in [0.15, 0.2) is 5.82 Å². The van der Waals surface area contributed by atoms with E-state index < -0.39 is 0 Å².